The molecule has 2 atom stereocenters. The topological polar surface area (TPSA) is 100 Å². The maximum atomic E-state index is 14.6. The molecule has 11 heteroatoms. The molecule has 35 heavy (non-hydrogen) atoms. The molecule has 8 nitrogen and oxygen atoms in total. The Kier molecular flexibility index (Phi) is 7.30. The normalized spacial score (nSPS) is 15.7. The second kappa shape index (κ2) is 10.4. The molecular weight excluding hydrogens is 480 g/mol. The van der Waals surface area contributed by atoms with Crippen LogP contribution >= 0.6 is 11.6 Å². The van der Waals surface area contributed by atoms with E-state index in [2.05, 4.69) is 20.5 Å². The summed E-state index contributed by atoms with van der Waals surface area (Å²) in [4.78, 5) is 30.5. The third-order valence-corrected chi connectivity index (χ3v) is 6.24. The molecule has 0 saturated carbocycles. The van der Waals surface area contributed by atoms with E-state index in [-0.39, 0.29) is 34.6 Å². The predicted octanol–water partition coefficient (Wildman–Crippen LogP) is 5.43. The van der Waals surface area contributed by atoms with Gasteiger partial charge in [0, 0.05) is 19.5 Å². The van der Waals surface area contributed by atoms with Crippen molar-refractivity contribution in [2.75, 3.05) is 18.9 Å². The van der Waals surface area contributed by atoms with Crippen molar-refractivity contribution in [1.29, 1.82) is 0 Å². The summed E-state index contributed by atoms with van der Waals surface area (Å²) in [5, 5.41) is 9.29. The van der Waals surface area contributed by atoms with Gasteiger partial charge in [0.25, 0.3) is 5.91 Å². The van der Waals surface area contributed by atoms with Gasteiger partial charge < -0.3 is 9.64 Å². The summed E-state index contributed by atoms with van der Waals surface area (Å²) in [6.45, 7) is 2.27. The molecule has 2 heterocycles. The number of hydrogen-bond donors (Lipinski definition) is 2. The molecule has 0 spiro atoms. The van der Waals surface area contributed by atoms with Gasteiger partial charge in [0.2, 0.25) is 5.82 Å². The van der Waals surface area contributed by atoms with E-state index in [9.17, 15) is 18.4 Å². The first kappa shape index (κ1) is 24.6. The minimum absolute atomic E-state index is 0.0135. The van der Waals surface area contributed by atoms with Crippen LogP contribution in [0.2, 0.25) is 5.02 Å². The van der Waals surface area contributed by atoms with Crippen LogP contribution in [0.3, 0.4) is 0 Å². The number of fused-ring (bicyclic) bond motifs is 1. The van der Waals surface area contributed by atoms with Crippen LogP contribution in [-0.4, -0.2) is 45.7 Å². The number of carbonyl (C=O) groups is 2. The zero-order chi connectivity index (χ0) is 25.1. The van der Waals surface area contributed by atoms with E-state index in [0.717, 1.165) is 5.56 Å². The van der Waals surface area contributed by atoms with Crippen molar-refractivity contribution in [1.82, 2.24) is 20.1 Å². The molecule has 0 aliphatic carbocycles. The number of H-pyrrole nitrogens is 1. The second-order valence-corrected chi connectivity index (χ2v) is 8.67. The molecule has 1 aromatic heterocycles. The average Bonchev–Trinajstić information content (AvgIpc) is 3.32. The summed E-state index contributed by atoms with van der Waals surface area (Å²) in [6.07, 6.45) is -0.0976. The summed E-state index contributed by atoms with van der Waals surface area (Å²) in [6, 6.07) is 9.02. The molecule has 4 rings (SSSR count). The fourth-order valence-electron chi connectivity index (χ4n) is 4.11. The van der Waals surface area contributed by atoms with E-state index in [0.29, 0.717) is 30.9 Å². The summed E-state index contributed by atoms with van der Waals surface area (Å²) in [5.41, 5.74) is 1.37. The Morgan fingerprint density at radius 1 is 1.23 bits per heavy atom. The van der Waals surface area contributed by atoms with Crippen LogP contribution in [-0.2, 0) is 4.74 Å². The van der Waals surface area contributed by atoms with Crippen LogP contribution in [0.1, 0.15) is 65.8 Å². The number of rotatable bonds is 8. The van der Waals surface area contributed by atoms with Crippen molar-refractivity contribution in [3.63, 3.8) is 0 Å². The van der Waals surface area contributed by atoms with Crippen LogP contribution in [0.15, 0.2) is 36.4 Å². The van der Waals surface area contributed by atoms with Crippen molar-refractivity contribution in [2.24, 2.45) is 0 Å². The number of ether oxygens (including phenoxy) is 1. The number of benzene rings is 2. The smallest absolute Gasteiger partial charge is 0.412 e. The zero-order valence-electron chi connectivity index (χ0n) is 19.1. The van der Waals surface area contributed by atoms with Gasteiger partial charge in [-0.15, -0.1) is 5.10 Å². The number of nitrogens with zero attached hydrogens (tertiary/aromatic N) is 3. The summed E-state index contributed by atoms with van der Waals surface area (Å²) >= 11 is 5.89. The van der Waals surface area contributed by atoms with Gasteiger partial charge in [0.15, 0.2) is 5.82 Å². The number of nitrogens with one attached hydrogen (secondary N) is 2. The van der Waals surface area contributed by atoms with Gasteiger partial charge in [-0.1, -0.05) is 30.7 Å². The van der Waals surface area contributed by atoms with Gasteiger partial charge in [-0.2, -0.15) is 0 Å². The Balaban J connectivity index is 1.39. The first-order chi connectivity index (χ1) is 16.8. The quantitative estimate of drug-likeness (QED) is 0.426. The van der Waals surface area contributed by atoms with Crippen LogP contribution in [0, 0.1) is 11.6 Å². The Labute approximate surface area is 205 Å². The van der Waals surface area contributed by atoms with Crippen LogP contribution < -0.4 is 5.32 Å². The van der Waals surface area contributed by atoms with E-state index < -0.39 is 23.9 Å². The lowest BCUT2D eigenvalue weighted by molar-refractivity contribution is 0.0749. The van der Waals surface area contributed by atoms with Crippen molar-refractivity contribution >= 4 is 29.3 Å². The third kappa shape index (κ3) is 5.27. The maximum absolute atomic E-state index is 14.6. The highest BCUT2D eigenvalue weighted by atomic mass is 35.5. The average molecular weight is 504 g/mol. The fraction of sp³-hybridized carbons (Fsp3) is 0.333. The number of amides is 2. The minimum Gasteiger partial charge on any atom is -0.441 e. The Morgan fingerprint density at radius 3 is 2.69 bits per heavy atom. The summed E-state index contributed by atoms with van der Waals surface area (Å²) in [7, 11) is 1.61. The maximum Gasteiger partial charge on any atom is 0.412 e. The van der Waals surface area contributed by atoms with Crippen molar-refractivity contribution in [2.45, 2.75) is 38.2 Å². The van der Waals surface area contributed by atoms with Crippen molar-refractivity contribution < 1.29 is 23.1 Å². The predicted molar refractivity (Wildman–Crippen MR) is 125 cm³/mol. The summed E-state index contributed by atoms with van der Waals surface area (Å²) < 4.78 is 33.1. The molecule has 184 valence electrons. The molecule has 0 saturated heterocycles. The highest BCUT2D eigenvalue weighted by Gasteiger charge is 2.30. The molecule has 0 radical (unpaired) electrons. The number of aromatic amines is 1. The molecule has 2 aromatic carbocycles. The number of aromatic nitrogens is 3. The molecule has 0 fully saturated rings. The van der Waals surface area contributed by atoms with E-state index >= 15 is 0 Å². The highest BCUT2D eigenvalue weighted by Crippen LogP contribution is 2.38. The summed E-state index contributed by atoms with van der Waals surface area (Å²) in [5.74, 6) is -0.989. The number of carbonyl (C=O) groups excluding carboxylic acids is 2. The van der Waals surface area contributed by atoms with Crippen molar-refractivity contribution in [3.8, 4) is 0 Å². The number of anilines is 1. The first-order valence-corrected chi connectivity index (χ1v) is 11.5. The SMILES string of the molecule is CC[C@@H](c1ccc(F)cc1)c1nc(C(=O)N(C)CCC[C@H]2OC(=O)Nc3ccc(Cl)c(F)c32)n[nH]1. The van der Waals surface area contributed by atoms with Crippen LogP contribution in [0.5, 0.6) is 0 Å². The van der Waals surface area contributed by atoms with Gasteiger partial charge >= 0.3 is 6.09 Å². The lowest BCUT2D eigenvalue weighted by Crippen LogP contribution is -2.30. The molecule has 0 unspecified atom stereocenters. The molecule has 1 aliphatic rings. The van der Waals surface area contributed by atoms with E-state index in [1.807, 2.05) is 6.92 Å². The highest BCUT2D eigenvalue weighted by molar-refractivity contribution is 6.31. The molecule has 2 amide bonds. The molecular formula is C24H24ClF2N5O3. The second-order valence-electron chi connectivity index (χ2n) is 8.27. The van der Waals surface area contributed by atoms with Gasteiger partial charge in [-0.05, 0) is 49.1 Å². The van der Waals surface area contributed by atoms with Crippen LogP contribution in [0.4, 0.5) is 19.3 Å². The van der Waals surface area contributed by atoms with Gasteiger partial charge in [0.05, 0.1) is 16.3 Å². The number of halogens is 3. The number of cyclic esters (lactones) is 1. The molecule has 2 N–H and O–H groups in total. The zero-order valence-corrected chi connectivity index (χ0v) is 19.9. The lowest BCUT2D eigenvalue weighted by Gasteiger charge is -2.27. The molecule has 0 bridgehead atoms. The van der Waals surface area contributed by atoms with Crippen molar-refractivity contribution in [3.05, 3.63) is 75.8 Å². The monoisotopic (exact) mass is 503 g/mol. The Morgan fingerprint density at radius 2 is 1.97 bits per heavy atom. The molecule has 3 aromatic rings. The van der Waals surface area contributed by atoms with Gasteiger partial charge in [-0.3, -0.25) is 15.2 Å². The van der Waals surface area contributed by atoms with Gasteiger partial charge in [-0.25, -0.2) is 18.6 Å². The van der Waals surface area contributed by atoms with E-state index in [1.54, 1.807) is 19.2 Å². The minimum atomic E-state index is -0.822. The first-order valence-electron chi connectivity index (χ1n) is 11.2. The number of hydrogen-bond acceptors (Lipinski definition) is 5. The van der Waals surface area contributed by atoms with E-state index in [4.69, 9.17) is 16.3 Å². The largest absolute Gasteiger partial charge is 0.441 e. The lowest BCUT2D eigenvalue weighted by atomic mass is 9.96. The Bertz CT molecular complexity index is 1230. The van der Waals surface area contributed by atoms with Crippen LogP contribution in [0.25, 0.3) is 0 Å². The van der Waals surface area contributed by atoms with E-state index in [1.165, 1.54) is 29.2 Å². The van der Waals surface area contributed by atoms with Gasteiger partial charge in [0.1, 0.15) is 17.7 Å². The Hall–Kier alpha value is -3.53. The fourth-order valence-corrected chi connectivity index (χ4v) is 4.28. The standard InChI is InChI=1S/C24H24ClF2N5O3/c1-3-15(13-6-8-14(26)9-7-13)21-29-22(31-30-21)23(33)32(2)12-4-5-18-19-17(28-24(34)35-18)11-10-16(25)20(19)27/h6-11,15,18H,3-5,12H2,1-2H3,(H,28,34)(H,29,30,31)/t15-,18+/m0/s1. The third-order valence-electron chi connectivity index (χ3n) is 5.95. The molecule has 1 aliphatic heterocycles.